The molecule has 2 nitrogen and oxygen atoms in total. The molecule has 0 aromatic carbocycles. The smallest absolute Gasteiger partial charge is 0.0575 e. The Morgan fingerprint density at radius 1 is 1.35 bits per heavy atom. The van der Waals surface area contributed by atoms with Gasteiger partial charge in [0.15, 0.2) is 0 Å². The predicted molar refractivity (Wildman–Crippen MR) is 74.1 cm³/mol. The van der Waals surface area contributed by atoms with Crippen LogP contribution in [0.3, 0.4) is 0 Å². The number of aryl methyl sites for hydroxylation is 1. The van der Waals surface area contributed by atoms with Crippen molar-refractivity contribution in [2.24, 2.45) is 5.41 Å². The molecule has 0 aliphatic rings. The minimum Gasteiger partial charge on any atom is -0.309 e. The highest BCUT2D eigenvalue weighted by atomic mass is 14.9. The Morgan fingerprint density at radius 3 is 2.59 bits per heavy atom. The van der Waals surface area contributed by atoms with E-state index in [-0.39, 0.29) is 0 Å². The maximum Gasteiger partial charge on any atom is 0.0575 e. The Balaban J connectivity index is 2.71. The van der Waals surface area contributed by atoms with Crippen molar-refractivity contribution in [2.75, 3.05) is 6.54 Å². The van der Waals surface area contributed by atoms with Gasteiger partial charge in [0.2, 0.25) is 0 Å². The van der Waals surface area contributed by atoms with E-state index < -0.39 is 0 Å². The fraction of sp³-hybridized carbons (Fsp3) is 0.667. The summed E-state index contributed by atoms with van der Waals surface area (Å²) in [4.78, 5) is 4.50. The second-order valence-corrected chi connectivity index (χ2v) is 5.97. The maximum atomic E-state index is 4.50. The lowest BCUT2D eigenvalue weighted by molar-refractivity contribution is 0.331. The van der Waals surface area contributed by atoms with E-state index in [9.17, 15) is 0 Å². The van der Waals surface area contributed by atoms with E-state index in [4.69, 9.17) is 0 Å². The number of rotatable bonds is 5. The fourth-order valence-electron chi connectivity index (χ4n) is 1.93. The van der Waals surface area contributed by atoms with Crippen LogP contribution in [0.1, 0.15) is 57.8 Å². The number of nitrogens with zero attached hydrogens (tertiary/aromatic N) is 1. The number of pyridine rings is 1. The monoisotopic (exact) mass is 234 g/mol. The van der Waals surface area contributed by atoms with Gasteiger partial charge in [0, 0.05) is 12.2 Å². The first-order valence-corrected chi connectivity index (χ1v) is 6.58. The molecule has 0 saturated heterocycles. The highest BCUT2D eigenvalue weighted by Crippen LogP contribution is 2.26. The van der Waals surface area contributed by atoms with Crippen molar-refractivity contribution in [2.45, 2.75) is 53.5 Å². The molecule has 1 unspecified atom stereocenters. The Labute approximate surface area is 106 Å². The molecule has 96 valence electrons. The molecule has 0 aliphatic heterocycles. The Morgan fingerprint density at radius 2 is 2.06 bits per heavy atom. The first-order valence-electron chi connectivity index (χ1n) is 6.58. The van der Waals surface area contributed by atoms with Gasteiger partial charge in [-0.05, 0) is 49.4 Å². The number of nitrogens with one attached hydrogen (secondary N) is 1. The predicted octanol–water partition coefficient (Wildman–Crippen LogP) is 3.87. The molecule has 1 rings (SSSR count). The Kier molecular flexibility index (Phi) is 5.13. The molecule has 1 atom stereocenters. The molecular formula is C15H26N2. The van der Waals surface area contributed by atoms with E-state index in [0.717, 1.165) is 13.0 Å². The van der Waals surface area contributed by atoms with E-state index in [1.54, 1.807) is 0 Å². The minimum absolute atomic E-state index is 0.386. The molecule has 0 saturated carbocycles. The zero-order valence-corrected chi connectivity index (χ0v) is 11.9. The average molecular weight is 234 g/mol. The van der Waals surface area contributed by atoms with E-state index >= 15 is 0 Å². The molecule has 0 spiro atoms. The largest absolute Gasteiger partial charge is 0.309 e. The minimum atomic E-state index is 0.386. The molecular weight excluding hydrogens is 208 g/mol. The summed E-state index contributed by atoms with van der Waals surface area (Å²) in [6.45, 7) is 12.1. The van der Waals surface area contributed by atoms with Crippen LogP contribution < -0.4 is 5.32 Å². The summed E-state index contributed by atoms with van der Waals surface area (Å²) in [6.07, 6.45) is 4.26. The molecule has 1 aromatic heterocycles. The summed E-state index contributed by atoms with van der Waals surface area (Å²) in [5.74, 6) is 0. The van der Waals surface area contributed by atoms with E-state index in [1.807, 2.05) is 6.20 Å². The van der Waals surface area contributed by atoms with Gasteiger partial charge < -0.3 is 5.32 Å². The number of hydrogen-bond acceptors (Lipinski definition) is 2. The molecule has 0 amide bonds. The van der Waals surface area contributed by atoms with Gasteiger partial charge in [-0.3, -0.25) is 4.98 Å². The highest BCUT2D eigenvalue weighted by molar-refractivity contribution is 5.17. The lowest BCUT2D eigenvalue weighted by Gasteiger charge is -2.23. The van der Waals surface area contributed by atoms with Crippen molar-refractivity contribution in [3.63, 3.8) is 0 Å². The van der Waals surface area contributed by atoms with Crippen LogP contribution in [-0.4, -0.2) is 11.5 Å². The first kappa shape index (κ1) is 14.2. The number of hydrogen-bond donors (Lipinski definition) is 1. The van der Waals surface area contributed by atoms with Gasteiger partial charge in [0.1, 0.15) is 0 Å². The first-order chi connectivity index (χ1) is 7.92. The molecule has 17 heavy (non-hydrogen) atoms. The van der Waals surface area contributed by atoms with Gasteiger partial charge in [0.05, 0.1) is 5.69 Å². The van der Waals surface area contributed by atoms with Gasteiger partial charge in [-0.15, -0.1) is 0 Å². The van der Waals surface area contributed by atoms with Crippen LogP contribution in [0.2, 0.25) is 0 Å². The molecule has 0 radical (unpaired) electrons. The van der Waals surface area contributed by atoms with Crippen LogP contribution in [0.4, 0.5) is 0 Å². The Bertz CT molecular complexity index is 339. The summed E-state index contributed by atoms with van der Waals surface area (Å²) < 4.78 is 0. The lowest BCUT2D eigenvalue weighted by Crippen LogP contribution is -2.23. The summed E-state index contributed by atoms with van der Waals surface area (Å²) in [5, 5.41) is 3.54. The third-order valence-corrected chi connectivity index (χ3v) is 2.93. The van der Waals surface area contributed by atoms with Gasteiger partial charge >= 0.3 is 0 Å². The van der Waals surface area contributed by atoms with Crippen LogP contribution in [0, 0.1) is 12.3 Å². The van der Waals surface area contributed by atoms with Crippen LogP contribution in [0.15, 0.2) is 18.3 Å². The van der Waals surface area contributed by atoms with E-state index in [1.165, 1.54) is 17.7 Å². The van der Waals surface area contributed by atoms with E-state index in [2.05, 4.69) is 57.1 Å². The highest BCUT2D eigenvalue weighted by Gasteiger charge is 2.17. The SMILES string of the molecule is CCNC(CCC(C)(C)C)c1cc(C)ccn1. The van der Waals surface area contributed by atoms with Crippen molar-refractivity contribution in [3.05, 3.63) is 29.6 Å². The molecule has 0 fully saturated rings. The van der Waals surface area contributed by atoms with Gasteiger partial charge in [0.25, 0.3) is 0 Å². The van der Waals surface area contributed by atoms with Gasteiger partial charge in [-0.25, -0.2) is 0 Å². The summed E-state index contributed by atoms with van der Waals surface area (Å²) >= 11 is 0. The second-order valence-electron chi connectivity index (χ2n) is 5.97. The van der Waals surface area contributed by atoms with Crippen molar-refractivity contribution in [1.82, 2.24) is 10.3 Å². The van der Waals surface area contributed by atoms with Crippen molar-refractivity contribution in [1.29, 1.82) is 0 Å². The van der Waals surface area contributed by atoms with Crippen LogP contribution in [0.25, 0.3) is 0 Å². The molecule has 2 heteroatoms. The van der Waals surface area contributed by atoms with Crippen molar-refractivity contribution in [3.8, 4) is 0 Å². The third-order valence-electron chi connectivity index (χ3n) is 2.93. The average Bonchev–Trinajstić information content (AvgIpc) is 2.23. The van der Waals surface area contributed by atoms with Crippen LogP contribution in [0.5, 0.6) is 0 Å². The molecule has 0 bridgehead atoms. The quantitative estimate of drug-likeness (QED) is 0.836. The van der Waals surface area contributed by atoms with Crippen molar-refractivity contribution < 1.29 is 0 Å². The zero-order chi connectivity index (χ0) is 12.9. The molecule has 1 N–H and O–H groups in total. The van der Waals surface area contributed by atoms with E-state index in [0.29, 0.717) is 11.5 Å². The maximum absolute atomic E-state index is 4.50. The standard InChI is InChI=1S/C15H26N2/c1-6-16-13(7-9-15(3,4)5)14-11-12(2)8-10-17-14/h8,10-11,13,16H,6-7,9H2,1-5H3. The fourth-order valence-corrected chi connectivity index (χ4v) is 1.93. The normalized spacial score (nSPS) is 13.7. The third kappa shape index (κ3) is 5.31. The van der Waals surface area contributed by atoms with Crippen LogP contribution >= 0.6 is 0 Å². The van der Waals surface area contributed by atoms with Gasteiger partial charge in [-0.1, -0.05) is 27.7 Å². The van der Waals surface area contributed by atoms with Crippen LogP contribution in [-0.2, 0) is 0 Å². The zero-order valence-electron chi connectivity index (χ0n) is 11.9. The van der Waals surface area contributed by atoms with Crippen molar-refractivity contribution >= 4 is 0 Å². The molecule has 1 heterocycles. The molecule has 0 aliphatic carbocycles. The molecule has 1 aromatic rings. The topological polar surface area (TPSA) is 24.9 Å². The Hall–Kier alpha value is -0.890. The number of aromatic nitrogens is 1. The summed E-state index contributed by atoms with van der Waals surface area (Å²) in [7, 11) is 0. The second kappa shape index (κ2) is 6.15. The summed E-state index contributed by atoms with van der Waals surface area (Å²) in [5.41, 5.74) is 2.85. The lowest BCUT2D eigenvalue weighted by atomic mass is 9.88. The summed E-state index contributed by atoms with van der Waals surface area (Å²) in [6, 6.07) is 4.63. The van der Waals surface area contributed by atoms with Gasteiger partial charge in [-0.2, -0.15) is 0 Å².